The fourth-order valence-electron chi connectivity index (χ4n) is 1.33. The molecule has 0 aromatic heterocycles. The predicted octanol–water partition coefficient (Wildman–Crippen LogP) is 3.04. The number of ketones is 1. The maximum Gasteiger partial charge on any atom is 0.220 e. The zero-order chi connectivity index (χ0) is 12.9. The van der Waals surface area contributed by atoms with Crippen molar-refractivity contribution in [3.05, 3.63) is 0 Å². The van der Waals surface area contributed by atoms with Gasteiger partial charge in [-0.15, -0.1) is 0 Å². The van der Waals surface area contributed by atoms with Crippen molar-refractivity contribution in [2.45, 2.75) is 45.4 Å². The SMILES string of the molecule is CCC(=O)CCCCCNC(=O)CCSSC. The molecule has 0 aliphatic rings. The first kappa shape index (κ1) is 16.8. The molecule has 0 aliphatic heterocycles. The number of carbonyl (C=O) groups excluding carboxylic acids is 2. The molecule has 0 spiro atoms. The molecule has 5 heteroatoms. The third-order valence-electron chi connectivity index (χ3n) is 2.38. The molecule has 0 aromatic rings. The minimum atomic E-state index is 0.135. The summed E-state index contributed by atoms with van der Waals surface area (Å²) >= 11 is 0. The van der Waals surface area contributed by atoms with Crippen molar-refractivity contribution in [1.82, 2.24) is 5.32 Å². The van der Waals surface area contributed by atoms with Gasteiger partial charge in [-0.05, 0) is 19.1 Å². The molecule has 0 unspecified atom stereocenters. The lowest BCUT2D eigenvalue weighted by Crippen LogP contribution is -2.24. The van der Waals surface area contributed by atoms with Crippen LogP contribution in [0.25, 0.3) is 0 Å². The number of hydrogen-bond donors (Lipinski definition) is 1. The van der Waals surface area contributed by atoms with E-state index >= 15 is 0 Å². The molecule has 0 aliphatic carbocycles. The molecule has 0 radical (unpaired) electrons. The summed E-state index contributed by atoms with van der Waals surface area (Å²) in [5.74, 6) is 1.34. The van der Waals surface area contributed by atoms with Gasteiger partial charge in [-0.1, -0.05) is 34.9 Å². The lowest BCUT2D eigenvalue weighted by molar-refractivity contribution is -0.121. The fraction of sp³-hybridized carbons (Fsp3) is 0.833. The monoisotopic (exact) mass is 277 g/mol. The first-order valence-electron chi connectivity index (χ1n) is 6.14. The third-order valence-corrected chi connectivity index (χ3v) is 4.19. The average molecular weight is 277 g/mol. The summed E-state index contributed by atoms with van der Waals surface area (Å²) in [6, 6.07) is 0. The lowest BCUT2D eigenvalue weighted by atomic mass is 10.1. The molecule has 0 saturated carbocycles. The minimum absolute atomic E-state index is 0.135. The van der Waals surface area contributed by atoms with Crippen LogP contribution in [0.5, 0.6) is 0 Å². The van der Waals surface area contributed by atoms with Crippen LogP contribution in [0.3, 0.4) is 0 Å². The van der Waals surface area contributed by atoms with Crippen LogP contribution >= 0.6 is 21.6 Å². The molecule has 0 atom stereocenters. The van der Waals surface area contributed by atoms with Crippen LogP contribution in [0.2, 0.25) is 0 Å². The molecule has 1 amide bonds. The van der Waals surface area contributed by atoms with Crippen molar-refractivity contribution in [2.75, 3.05) is 18.6 Å². The van der Waals surface area contributed by atoms with Crippen LogP contribution in [0.1, 0.15) is 45.4 Å². The lowest BCUT2D eigenvalue weighted by Gasteiger charge is -2.04. The molecule has 0 rings (SSSR count). The zero-order valence-corrected chi connectivity index (χ0v) is 12.4. The van der Waals surface area contributed by atoms with Crippen LogP contribution in [0.4, 0.5) is 0 Å². The van der Waals surface area contributed by atoms with E-state index in [1.165, 1.54) is 0 Å². The number of Topliss-reactive ketones (excluding diaryl/α,β-unsaturated/α-hetero) is 1. The minimum Gasteiger partial charge on any atom is -0.356 e. The Morgan fingerprint density at radius 1 is 1.12 bits per heavy atom. The van der Waals surface area contributed by atoms with E-state index < -0.39 is 0 Å². The van der Waals surface area contributed by atoms with E-state index in [-0.39, 0.29) is 5.91 Å². The molecule has 3 nitrogen and oxygen atoms in total. The molecule has 0 bridgehead atoms. The second-order valence-corrected chi connectivity index (χ2v) is 6.48. The van der Waals surface area contributed by atoms with E-state index in [4.69, 9.17) is 0 Å². The number of carbonyl (C=O) groups is 2. The number of nitrogens with one attached hydrogen (secondary N) is 1. The largest absolute Gasteiger partial charge is 0.356 e. The molecule has 0 aromatic carbocycles. The molecule has 0 heterocycles. The Morgan fingerprint density at radius 3 is 2.53 bits per heavy atom. The standard InChI is InChI=1S/C12H23NO2S2/c1-3-11(14)7-5-4-6-9-13-12(15)8-10-17-16-2/h3-10H2,1-2H3,(H,13,15). The van der Waals surface area contributed by atoms with Crippen molar-refractivity contribution < 1.29 is 9.59 Å². The maximum atomic E-state index is 11.3. The Hall–Kier alpha value is -0.160. The first-order chi connectivity index (χ1) is 8.20. The molecular formula is C12H23NO2S2. The van der Waals surface area contributed by atoms with E-state index in [9.17, 15) is 9.59 Å². The van der Waals surface area contributed by atoms with Crippen molar-refractivity contribution in [2.24, 2.45) is 0 Å². The van der Waals surface area contributed by atoms with E-state index in [1.54, 1.807) is 21.6 Å². The van der Waals surface area contributed by atoms with Gasteiger partial charge in [0.1, 0.15) is 5.78 Å². The Balaban J connectivity index is 3.22. The van der Waals surface area contributed by atoms with Gasteiger partial charge < -0.3 is 5.32 Å². The summed E-state index contributed by atoms with van der Waals surface area (Å²) in [6.07, 6.45) is 6.88. The summed E-state index contributed by atoms with van der Waals surface area (Å²) in [5, 5.41) is 2.90. The van der Waals surface area contributed by atoms with Crippen LogP contribution < -0.4 is 5.32 Å². The molecule has 17 heavy (non-hydrogen) atoms. The number of unbranched alkanes of at least 4 members (excludes halogenated alkanes) is 2. The number of hydrogen-bond acceptors (Lipinski definition) is 4. The van der Waals surface area contributed by atoms with Gasteiger partial charge in [-0.3, -0.25) is 9.59 Å². The number of amides is 1. The van der Waals surface area contributed by atoms with E-state index in [1.807, 2.05) is 13.2 Å². The summed E-state index contributed by atoms with van der Waals surface area (Å²) in [5.41, 5.74) is 0. The summed E-state index contributed by atoms with van der Waals surface area (Å²) in [4.78, 5) is 22.3. The van der Waals surface area contributed by atoms with E-state index in [0.29, 0.717) is 25.0 Å². The Labute approximate surface area is 112 Å². The smallest absolute Gasteiger partial charge is 0.220 e. The topological polar surface area (TPSA) is 46.2 Å². The van der Waals surface area contributed by atoms with E-state index in [2.05, 4.69) is 5.32 Å². The maximum absolute atomic E-state index is 11.3. The second kappa shape index (κ2) is 12.3. The van der Waals surface area contributed by atoms with Gasteiger partial charge in [0, 0.05) is 31.6 Å². The van der Waals surface area contributed by atoms with Crippen molar-refractivity contribution >= 4 is 33.3 Å². The molecule has 100 valence electrons. The molecular weight excluding hydrogens is 254 g/mol. The third kappa shape index (κ3) is 12.1. The highest BCUT2D eigenvalue weighted by atomic mass is 33.1. The van der Waals surface area contributed by atoms with Crippen LogP contribution in [0.15, 0.2) is 0 Å². The van der Waals surface area contributed by atoms with Crippen molar-refractivity contribution in [3.63, 3.8) is 0 Å². The Bertz CT molecular complexity index is 223. The van der Waals surface area contributed by atoms with Crippen LogP contribution in [0, 0.1) is 0 Å². The van der Waals surface area contributed by atoms with Gasteiger partial charge in [-0.25, -0.2) is 0 Å². The summed E-state index contributed by atoms with van der Waals surface area (Å²) in [7, 11) is 3.40. The van der Waals surface area contributed by atoms with E-state index in [0.717, 1.165) is 31.6 Å². The molecule has 0 saturated heterocycles. The van der Waals surface area contributed by atoms with Gasteiger partial charge in [0.25, 0.3) is 0 Å². The second-order valence-electron chi connectivity index (χ2n) is 3.79. The Kier molecular flexibility index (Phi) is 12.2. The zero-order valence-electron chi connectivity index (χ0n) is 10.8. The Morgan fingerprint density at radius 2 is 1.88 bits per heavy atom. The summed E-state index contributed by atoms with van der Waals surface area (Å²) in [6.45, 7) is 2.64. The fourth-order valence-corrected chi connectivity index (χ4v) is 2.52. The quantitative estimate of drug-likeness (QED) is 0.466. The van der Waals surface area contributed by atoms with Gasteiger partial charge in [0.15, 0.2) is 0 Å². The first-order valence-corrected chi connectivity index (χ1v) is 8.87. The molecule has 1 N–H and O–H groups in total. The van der Waals surface area contributed by atoms with Gasteiger partial charge in [0.2, 0.25) is 5.91 Å². The van der Waals surface area contributed by atoms with Crippen molar-refractivity contribution in [3.8, 4) is 0 Å². The highest BCUT2D eigenvalue weighted by molar-refractivity contribution is 8.76. The van der Waals surface area contributed by atoms with Crippen LogP contribution in [-0.2, 0) is 9.59 Å². The normalized spacial score (nSPS) is 10.2. The highest BCUT2D eigenvalue weighted by Crippen LogP contribution is 2.17. The average Bonchev–Trinajstić information content (AvgIpc) is 2.33. The van der Waals surface area contributed by atoms with Crippen molar-refractivity contribution in [1.29, 1.82) is 0 Å². The number of rotatable bonds is 11. The predicted molar refractivity (Wildman–Crippen MR) is 77.4 cm³/mol. The molecule has 0 fully saturated rings. The van der Waals surface area contributed by atoms with Gasteiger partial charge in [0.05, 0.1) is 0 Å². The highest BCUT2D eigenvalue weighted by Gasteiger charge is 2.01. The van der Waals surface area contributed by atoms with Gasteiger partial charge >= 0.3 is 0 Å². The van der Waals surface area contributed by atoms with Crippen LogP contribution in [-0.4, -0.2) is 30.2 Å². The van der Waals surface area contributed by atoms with Gasteiger partial charge in [-0.2, -0.15) is 0 Å². The summed E-state index contributed by atoms with van der Waals surface area (Å²) < 4.78 is 0.